The van der Waals surface area contributed by atoms with Crippen LogP contribution in [0.4, 0.5) is 23.7 Å². The van der Waals surface area contributed by atoms with Gasteiger partial charge in [-0.1, -0.05) is 18.6 Å². The maximum absolute atomic E-state index is 13.0. The fourth-order valence-corrected chi connectivity index (χ4v) is 2.72. The van der Waals surface area contributed by atoms with E-state index in [1.165, 1.54) is 6.07 Å². The Labute approximate surface area is 108 Å². The summed E-state index contributed by atoms with van der Waals surface area (Å²) in [4.78, 5) is 11.6. The lowest BCUT2D eigenvalue weighted by molar-refractivity contribution is -0.137. The molecule has 1 heterocycles. The van der Waals surface area contributed by atoms with Crippen LogP contribution >= 0.6 is 0 Å². The molecule has 3 rings (SSSR count). The number of amides is 2. The number of urea groups is 1. The molecule has 19 heavy (non-hydrogen) atoms. The highest BCUT2D eigenvalue weighted by molar-refractivity contribution is 5.94. The lowest BCUT2D eigenvalue weighted by atomic mass is 9.76. The monoisotopic (exact) mass is 270 g/mol. The Bertz CT molecular complexity index is 523. The zero-order valence-electron chi connectivity index (χ0n) is 10.1. The topological polar surface area (TPSA) is 41.1 Å². The molecule has 2 aliphatic rings. The minimum absolute atomic E-state index is 0.0874. The second-order valence-corrected chi connectivity index (χ2v) is 5.03. The number of carbonyl (C=O) groups excluding carboxylic acids is 1. The second-order valence-electron chi connectivity index (χ2n) is 5.03. The molecule has 1 unspecified atom stereocenters. The maximum Gasteiger partial charge on any atom is 0.418 e. The molecule has 1 atom stereocenters. The van der Waals surface area contributed by atoms with Crippen molar-refractivity contribution in [2.75, 3.05) is 5.32 Å². The quantitative estimate of drug-likeness (QED) is 0.803. The van der Waals surface area contributed by atoms with Crippen LogP contribution in [0.25, 0.3) is 0 Å². The largest absolute Gasteiger partial charge is 0.418 e. The van der Waals surface area contributed by atoms with E-state index in [0.717, 1.165) is 25.3 Å². The van der Waals surface area contributed by atoms with E-state index in [4.69, 9.17) is 0 Å². The fourth-order valence-electron chi connectivity index (χ4n) is 2.72. The van der Waals surface area contributed by atoms with E-state index in [2.05, 4.69) is 10.6 Å². The first-order valence-corrected chi connectivity index (χ1v) is 6.24. The molecule has 1 aromatic rings. The van der Waals surface area contributed by atoms with Gasteiger partial charge in [-0.2, -0.15) is 13.2 Å². The molecular weight excluding hydrogens is 257 g/mol. The Hall–Kier alpha value is -1.72. The molecule has 3 nitrogen and oxygen atoms in total. The van der Waals surface area contributed by atoms with Crippen LogP contribution in [0.5, 0.6) is 0 Å². The molecule has 0 bridgehead atoms. The number of anilines is 1. The highest BCUT2D eigenvalue weighted by atomic mass is 19.4. The van der Waals surface area contributed by atoms with Crippen LogP contribution in [0, 0.1) is 5.92 Å². The van der Waals surface area contributed by atoms with Gasteiger partial charge in [-0.3, -0.25) is 0 Å². The third-order valence-corrected chi connectivity index (χ3v) is 3.88. The van der Waals surface area contributed by atoms with Gasteiger partial charge in [-0.25, -0.2) is 4.79 Å². The number of para-hydroxylation sites is 1. The average molecular weight is 270 g/mol. The number of alkyl halides is 3. The predicted molar refractivity (Wildman–Crippen MR) is 63.7 cm³/mol. The lowest BCUT2D eigenvalue weighted by Gasteiger charge is -2.38. The summed E-state index contributed by atoms with van der Waals surface area (Å²) < 4.78 is 38.9. The summed E-state index contributed by atoms with van der Waals surface area (Å²) in [5.74, 6) is 0.244. The minimum Gasteiger partial charge on any atom is -0.331 e. The van der Waals surface area contributed by atoms with Gasteiger partial charge < -0.3 is 10.6 Å². The summed E-state index contributed by atoms with van der Waals surface area (Å²) in [5.41, 5.74) is -0.320. The van der Waals surface area contributed by atoms with E-state index >= 15 is 0 Å². The van der Waals surface area contributed by atoms with Crippen molar-refractivity contribution in [1.82, 2.24) is 5.32 Å². The van der Waals surface area contributed by atoms with Crippen LogP contribution in [-0.2, 0) is 6.18 Å². The Morgan fingerprint density at radius 1 is 1.21 bits per heavy atom. The summed E-state index contributed by atoms with van der Waals surface area (Å²) in [5, 5.41) is 5.03. The molecule has 102 valence electrons. The molecular formula is C13H13F3N2O. The van der Waals surface area contributed by atoms with Crippen LogP contribution in [0.15, 0.2) is 18.2 Å². The van der Waals surface area contributed by atoms with Crippen molar-refractivity contribution in [3.05, 3.63) is 29.3 Å². The molecule has 0 spiro atoms. The Balaban J connectivity index is 2.08. The van der Waals surface area contributed by atoms with Crippen LogP contribution in [-0.4, -0.2) is 6.03 Å². The predicted octanol–water partition coefficient (Wildman–Crippen LogP) is 3.68. The SMILES string of the molecule is O=C1Nc2c(cccc2C(F)(F)F)C(C2CCC2)N1. The molecule has 2 amide bonds. The highest BCUT2D eigenvalue weighted by Gasteiger charge is 2.40. The molecule has 1 aliphatic carbocycles. The van der Waals surface area contributed by atoms with E-state index < -0.39 is 17.8 Å². The van der Waals surface area contributed by atoms with Gasteiger partial charge in [0.05, 0.1) is 17.3 Å². The summed E-state index contributed by atoms with van der Waals surface area (Å²) >= 11 is 0. The molecule has 0 saturated heterocycles. The van der Waals surface area contributed by atoms with Gasteiger partial charge in [0.25, 0.3) is 0 Å². The van der Waals surface area contributed by atoms with Crippen molar-refractivity contribution in [1.29, 1.82) is 0 Å². The third-order valence-electron chi connectivity index (χ3n) is 3.88. The van der Waals surface area contributed by atoms with Gasteiger partial charge in [0.2, 0.25) is 0 Å². The lowest BCUT2D eigenvalue weighted by Crippen LogP contribution is -2.43. The molecule has 1 fully saturated rings. The molecule has 1 saturated carbocycles. The Morgan fingerprint density at radius 2 is 1.95 bits per heavy atom. The van der Waals surface area contributed by atoms with Gasteiger partial charge >= 0.3 is 12.2 Å². The van der Waals surface area contributed by atoms with E-state index in [-0.39, 0.29) is 17.6 Å². The molecule has 1 aromatic carbocycles. The highest BCUT2D eigenvalue weighted by Crippen LogP contribution is 2.45. The van der Waals surface area contributed by atoms with Gasteiger partial charge in [-0.15, -0.1) is 0 Å². The van der Waals surface area contributed by atoms with Crippen molar-refractivity contribution >= 4 is 11.7 Å². The van der Waals surface area contributed by atoms with Crippen LogP contribution < -0.4 is 10.6 Å². The van der Waals surface area contributed by atoms with Crippen molar-refractivity contribution in [2.45, 2.75) is 31.5 Å². The molecule has 0 aromatic heterocycles. The van der Waals surface area contributed by atoms with Gasteiger partial charge in [-0.05, 0) is 30.4 Å². The number of nitrogens with one attached hydrogen (secondary N) is 2. The average Bonchev–Trinajstić information content (AvgIpc) is 2.24. The molecule has 1 aliphatic heterocycles. The van der Waals surface area contributed by atoms with Gasteiger partial charge in [0, 0.05) is 0 Å². The standard InChI is InChI=1S/C13H13F3N2O/c14-13(15,16)9-6-2-5-8-10(7-3-1-4-7)17-12(19)18-11(8)9/h2,5-7,10H,1,3-4H2,(H2,17,18,19). The van der Waals surface area contributed by atoms with Crippen molar-refractivity contribution in [3.8, 4) is 0 Å². The zero-order valence-corrected chi connectivity index (χ0v) is 10.1. The number of hydrogen-bond acceptors (Lipinski definition) is 1. The second kappa shape index (κ2) is 4.15. The number of benzene rings is 1. The minimum atomic E-state index is -4.46. The van der Waals surface area contributed by atoms with Crippen LogP contribution in [0.1, 0.15) is 36.4 Å². The normalized spacial score (nSPS) is 23.1. The molecule has 6 heteroatoms. The number of carbonyl (C=O) groups is 1. The maximum atomic E-state index is 13.0. The number of rotatable bonds is 1. The summed E-state index contributed by atoms with van der Waals surface area (Å²) in [7, 11) is 0. The number of hydrogen-bond donors (Lipinski definition) is 2. The van der Waals surface area contributed by atoms with Crippen LogP contribution in [0.2, 0.25) is 0 Å². The fraction of sp³-hybridized carbons (Fsp3) is 0.462. The first-order valence-electron chi connectivity index (χ1n) is 6.24. The smallest absolute Gasteiger partial charge is 0.331 e. The summed E-state index contributed by atoms with van der Waals surface area (Å²) in [6, 6.07) is 3.19. The van der Waals surface area contributed by atoms with E-state index in [1.54, 1.807) is 6.07 Å². The molecule has 2 N–H and O–H groups in total. The summed E-state index contributed by atoms with van der Waals surface area (Å²) in [6.07, 6.45) is -1.50. The Kier molecular flexibility index (Phi) is 2.69. The third kappa shape index (κ3) is 2.05. The van der Waals surface area contributed by atoms with E-state index in [0.29, 0.717) is 5.56 Å². The number of fused-ring (bicyclic) bond motifs is 1. The van der Waals surface area contributed by atoms with Gasteiger partial charge in [0.15, 0.2) is 0 Å². The summed E-state index contributed by atoms with van der Waals surface area (Å²) in [6.45, 7) is 0. The first-order chi connectivity index (χ1) is 8.97. The van der Waals surface area contributed by atoms with Crippen molar-refractivity contribution in [3.63, 3.8) is 0 Å². The van der Waals surface area contributed by atoms with Crippen LogP contribution in [0.3, 0.4) is 0 Å². The zero-order chi connectivity index (χ0) is 13.6. The van der Waals surface area contributed by atoms with E-state index in [1.807, 2.05) is 0 Å². The number of halogens is 3. The molecule has 0 radical (unpaired) electrons. The van der Waals surface area contributed by atoms with Crippen molar-refractivity contribution in [2.24, 2.45) is 5.92 Å². The first kappa shape index (κ1) is 12.3. The van der Waals surface area contributed by atoms with Crippen molar-refractivity contribution < 1.29 is 18.0 Å². The van der Waals surface area contributed by atoms with E-state index in [9.17, 15) is 18.0 Å². The Morgan fingerprint density at radius 3 is 2.53 bits per heavy atom. The van der Waals surface area contributed by atoms with Gasteiger partial charge in [0.1, 0.15) is 0 Å².